The van der Waals surface area contributed by atoms with E-state index >= 15 is 0 Å². The molecule has 0 radical (unpaired) electrons. The number of aromatic nitrogens is 4. The molecule has 28 heavy (non-hydrogen) atoms. The van der Waals surface area contributed by atoms with Crippen molar-refractivity contribution in [3.63, 3.8) is 0 Å². The smallest absolute Gasteiger partial charge is 0.277 e. The van der Waals surface area contributed by atoms with Crippen LogP contribution in [-0.4, -0.2) is 25.9 Å². The number of carbonyl (C=O) groups is 1. The third-order valence-electron chi connectivity index (χ3n) is 4.07. The van der Waals surface area contributed by atoms with Crippen molar-refractivity contribution < 1.29 is 9.18 Å². The minimum absolute atomic E-state index is 0.0540. The first-order valence-corrected chi connectivity index (χ1v) is 9.32. The van der Waals surface area contributed by atoms with Crippen LogP contribution in [0.15, 0.2) is 58.7 Å². The molecule has 140 valence electrons. The first-order valence-electron chi connectivity index (χ1n) is 8.44. The van der Waals surface area contributed by atoms with Gasteiger partial charge in [-0.15, -0.1) is 16.4 Å². The average Bonchev–Trinajstić information content (AvgIpc) is 3.16. The molecule has 0 saturated carbocycles. The van der Waals surface area contributed by atoms with Gasteiger partial charge in [0.2, 0.25) is 5.91 Å². The summed E-state index contributed by atoms with van der Waals surface area (Å²) in [6, 6.07) is 12.9. The van der Waals surface area contributed by atoms with E-state index in [0.717, 1.165) is 5.56 Å². The van der Waals surface area contributed by atoms with E-state index in [1.165, 1.54) is 28.2 Å². The minimum atomic E-state index is -0.320. The van der Waals surface area contributed by atoms with Gasteiger partial charge < -0.3 is 5.32 Å². The van der Waals surface area contributed by atoms with Crippen LogP contribution in [0.5, 0.6) is 0 Å². The molecule has 2 aromatic heterocycles. The van der Waals surface area contributed by atoms with Crippen molar-refractivity contribution in [2.24, 2.45) is 0 Å². The summed E-state index contributed by atoms with van der Waals surface area (Å²) < 4.78 is 14.2. The Balaban J connectivity index is 1.41. The second kappa shape index (κ2) is 7.65. The molecule has 2 aromatic carbocycles. The lowest BCUT2D eigenvalue weighted by Crippen LogP contribution is -2.26. The Kier molecular flexibility index (Phi) is 4.90. The minimum Gasteiger partial charge on any atom is -0.302 e. The van der Waals surface area contributed by atoms with Crippen LogP contribution in [-0.2, 0) is 11.3 Å². The third kappa shape index (κ3) is 3.79. The van der Waals surface area contributed by atoms with Gasteiger partial charge in [-0.05, 0) is 36.4 Å². The number of halogens is 1. The van der Waals surface area contributed by atoms with E-state index in [9.17, 15) is 14.0 Å². The van der Waals surface area contributed by atoms with Crippen LogP contribution in [0.4, 0.5) is 9.52 Å². The molecule has 4 aromatic rings. The zero-order chi connectivity index (χ0) is 19.5. The van der Waals surface area contributed by atoms with E-state index in [1.54, 1.807) is 41.8 Å². The van der Waals surface area contributed by atoms with Crippen molar-refractivity contribution in [1.82, 2.24) is 20.0 Å². The maximum absolute atomic E-state index is 13.0. The van der Waals surface area contributed by atoms with Crippen molar-refractivity contribution in [2.75, 3.05) is 5.32 Å². The summed E-state index contributed by atoms with van der Waals surface area (Å²) in [5, 5.41) is 13.2. The maximum atomic E-state index is 13.0. The Morgan fingerprint density at radius 2 is 1.93 bits per heavy atom. The fraction of sp³-hybridized carbons (Fsp3) is 0.105. The SMILES string of the molecule is O=C(CCn1nnc2ccccc2c1=O)Nc1nc(-c2ccc(F)cc2)cs1. The van der Waals surface area contributed by atoms with Gasteiger partial charge in [0.15, 0.2) is 5.13 Å². The normalized spacial score (nSPS) is 10.9. The Bertz CT molecular complexity index is 1200. The number of rotatable bonds is 5. The van der Waals surface area contributed by atoms with Crippen LogP contribution in [0.25, 0.3) is 22.2 Å². The highest BCUT2D eigenvalue weighted by molar-refractivity contribution is 7.14. The molecule has 0 atom stereocenters. The molecule has 0 unspecified atom stereocenters. The zero-order valence-corrected chi connectivity index (χ0v) is 15.3. The topological polar surface area (TPSA) is 89.8 Å². The summed E-state index contributed by atoms with van der Waals surface area (Å²) in [7, 11) is 0. The number of amides is 1. The van der Waals surface area contributed by atoms with Crippen molar-refractivity contribution in [1.29, 1.82) is 0 Å². The first-order chi connectivity index (χ1) is 13.6. The fourth-order valence-electron chi connectivity index (χ4n) is 2.64. The summed E-state index contributed by atoms with van der Waals surface area (Å²) in [6.45, 7) is 0.110. The summed E-state index contributed by atoms with van der Waals surface area (Å²) >= 11 is 1.27. The fourth-order valence-corrected chi connectivity index (χ4v) is 3.38. The lowest BCUT2D eigenvalue weighted by atomic mass is 10.2. The molecule has 0 aliphatic rings. The number of aryl methyl sites for hydroxylation is 1. The Labute approximate surface area is 162 Å². The molecular weight excluding hydrogens is 381 g/mol. The Morgan fingerprint density at radius 3 is 2.75 bits per heavy atom. The molecule has 2 heterocycles. The number of anilines is 1. The molecule has 0 saturated heterocycles. The number of benzene rings is 2. The molecule has 1 N–H and O–H groups in total. The molecule has 4 rings (SSSR count). The van der Waals surface area contributed by atoms with Crippen molar-refractivity contribution in [2.45, 2.75) is 13.0 Å². The van der Waals surface area contributed by atoms with Gasteiger partial charge in [0.25, 0.3) is 5.56 Å². The van der Waals surface area contributed by atoms with Crippen LogP contribution >= 0.6 is 11.3 Å². The van der Waals surface area contributed by atoms with Gasteiger partial charge in [-0.3, -0.25) is 9.59 Å². The standard InChI is InChI=1S/C19H14FN5O2S/c20-13-7-5-12(6-8-13)16-11-28-19(21-16)22-17(26)9-10-25-18(27)14-3-1-2-4-15(14)23-24-25/h1-8,11H,9-10H2,(H,21,22,26). The van der Waals surface area contributed by atoms with E-state index in [4.69, 9.17) is 0 Å². The number of thiazole rings is 1. The second-order valence-electron chi connectivity index (χ2n) is 5.98. The lowest BCUT2D eigenvalue weighted by molar-refractivity contribution is -0.116. The predicted octanol–water partition coefficient (Wildman–Crippen LogP) is 3.08. The Hall–Kier alpha value is -3.46. The van der Waals surface area contributed by atoms with Crippen LogP contribution < -0.4 is 10.9 Å². The monoisotopic (exact) mass is 395 g/mol. The number of hydrogen-bond donors (Lipinski definition) is 1. The molecule has 0 bridgehead atoms. The van der Waals surface area contributed by atoms with Crippen molar-refractivity contribution >= 4 is 33.3 Å². The van der Waals surface area contributed by atoms with Gasteiger partial charge >= 0.3 is 0 Å². The van der Waals surface area contributed by atoms with Crippen molar-refractivity contribution in [3.8, 4) is 11.3 Å². The summed E-state index contributed by atoms with van der Waals surface area (Å²) in [5.41, 5.74) is 1.64. The van der Waals surface area contributed by atoms with E-state index in [0.29, 0.717) is 21.7 Å². The zero-order valence-electron chi connectivity index (χ0n) is 14.5. The van der Waals surface area contributed by atoms with Crippen LogP contribution in [0.3, 0.4) is 0 Å². The van der Waals surface area contributed by atoms with E-state index in [-0.39, 0.29) is 30.2 Å². The largest absolute Gasteiger partial charge is 0.302 e. The Morgan fingerprint density at radius 1 is 1.14 bits per heavy atom. The molecule has 1 amide bonds. The highest BCUT2D eigenvalue weighted by Gasteiger charge is 2.10. The molecule has 7 nitrogen and oxygen atoms in total. The van der Waals surface area contributed by atoms with Crippen LogP contribution in [0, 0.1) is 5.82 Å². The summed E-state index contributed by atoms with van der Waals surface area (Å²) in [4.78, 5) is 28.9. The lowest BCUT2D eigenvalue weighted by Gasteiger charge is -2.05. The molecule has 0 aliphatic heterocycles. The van der Waals surface area contributed by atoms with E-state index in [1.807, 2.05) is 0 Å². The number of fused-ring (bicyclic) bond motifs is 1. The van der Waals surface area contributed by atoms with Gasteiger partial charge in [-0.1, -0.05) is 17.3 Å². The van der Waals surface area contributed by atoms with Crippen LogP contribution in [0.2, 0.25) is 0 Å². The summed E-state index contributed by atoms with van der Waals surface area (Å²) in [6.07, 6.45) is 0.0540. The second-order valence-corrected chi connectivity index (χ2v) is 6.84. The number of hydrogen-bond acceptors (Lipinski definition) is 6. The van der Waals surface area contributed by atoms with Gasteiger partial charge in [0.1, 0.15) is 11.3 Å². The highest BCUT2D eigenvalue weighted by atomic mass is 32.1. The van der Waals surface area contributed by atoms with E-state index < -0.39 is 0 Å². The number of nitrogens with zero attached hydrogens (tertiary/aromatic N) is 4. The molecular formula is C19H14FN5O2S. The van der Waals surface area contributed by atoms with Gasteiger partial charge in [0.05, 0.1) is 17.6 Å². The number of nitrogens with one attached hydrogen (secondary N) is 1. The first kappa shape index (κ1) is 17.9. The predicted molar refractivity (Wildman–Crippen MR) is 105 cm³/mol. The summed E-state index contributed by atoms with van der Waals surface area (Å²) in [5.74, 6) is -0.610. The van der Waals surface area contributed by atoms with E-state index in [2.05, 4.69) is 20.6 Å². The van der Waals surface area contributed by atoms with Gasteiger partial charge in [-0.2, -0.15) is 0 Å². The number of carbonyl (C=O) groups excluding carboxylic acids is 1. The highest BCUT2D eigenvalue weighted by Crippen LogP contribution is 2.25. The quantitative estimate of drug-likeness (QED) is 0.561. The molecule has 0 aliphatic carbocycles. The molecule has 9 heteroatoms. The molecule has 0 fully saturated rings. The molecule has 0 spiro atoms. The van der Waals surface area contributed by atoms with Gasteiger partial charge in [-0.25, -0.2) is 14.1 Å². The van der Waals surface area contributed by atoms with Crippen LogP contribution in [0.1, 0.15) is 6.42 Å². The maximum Gasteiger partial charge on any atom is 0.277 e. The average molecular weight is 395 g/mol. The van der Waals surface area contributed by atoms with Gasteiger partial charge in [0, 0.05) is 17.4 Å². The van der Waals surface area contributed by atoms with Crippen molar-refractivity contribution in [3.05, 3.63) is 70.1 Å². The third-order valence-corrected chi connectivity index (χ3v) is 4.83.